The number of nitrogens with zero attached hydrogens (tertiary/aromatic N) is 1. The fourth-order valence-electron chi connectivity index (χ4n) is 1.57. The Morgan fingerprint density at radius 3 is 3.00 bits per heavy atom. The van der Waals surface area contributed by atoms with Crippen molar-refractivity contribution in [3.63, 3.8) is 0 Å². The molecule has 2 N–H and O–H groups in total. The third kappa shape index (κ3) is 4.96. The van der Waals surface area contributed by atoms with Crippen molar-refractivity contribution in [2.45, 2.75) is 19.8 Å². The predicted octanol–water partition coefficient (Wildman–Crippen LogP) is 2.39. The quantitative estimate of drug-likeness (QED) is 0.710. The maximum atomic E-state index is 12.0. The van der Waals surface area contributed by atoms with Gasteiger partial charge in [0, 0.05) is 19.3 Å². The average Bonchev–Trinajstić information content (AvgIpc) is 2.39. The second-order valence-electron chi connectivity index (χ2n) is 3.89. The zero-order chi connectivity index (χ0) is 13.2. The van der Waals surface area contributed by atoms with E-state index in [-0.39, 0.29) is 5.91 Å². The van der Waals surface area contributed by atoms with E-state index in [1.165, 1.54) is 0 Å². The molecule has 4 nitrogen and oxygen atoms in total. The number of nitrogens with one attached hydrogen (secondary N) is 2. The molecule has 0 unspecified atom stereocenters. The van der Waals surface area contributed by atoms with Gasteiger partial charge >= 0.3 is 0 Å². The lowest BCUT2D eigenvalue weighted by atomic mass is 10.2. The number of carbonyl (C=O) groups excluding carboxylic acids is 1. The summed E-state index contributed by atoms with van der Waals surface area (Å²) in [4.78, 5) is 16.1. The van der Waals surface area contributed by atoms with Gasteiger partial charge in [-0.1, -0.05) is 0 Å². The van der Waals surface area contributed by atoms with Crippen molar-refractivity contribution < 1.29 is 4.79 Å². The Balaban J connectivity index is 2.45. The minimum absolute atomic E-state index is 0.0526. The number of carbonyl (C=O) groups is 1. The van der Waals surface area contributed by atoms with Gasteiger partial charge in [-0.3, -0.25) is 4.79 Å². The lowest BCUT2D eigenvalue weighted by Crippen LogP contribution is -2.25. The fraction of sp³-hybridized carbons (Fsp3) is 0.538. The Bertz CT molecular complexity index is 371. The van der Waals surface area contributed by atoms with Crippen LogP contribution in [-0.4, -0.2) is 36.0 Å². The molecule has 0 radical (unpaired) electrons. The highest BCUT2D eigenvalue weighted by molar-refractivity contribution is 7.98. The Hall–Kier alpha value is -1.23. The molecule has 5 heteroatoms. The van der Waals surface area contributed by atoms with Crippen LogP contribution in [0.15, 0.2) is 18.3 Å². The Labute approximate surface area is 113 Å². The highest BCUT2D eigenvalue weighted by atomic mass is 32.2. The largest absolute Gasteiger partial charge is 0.370 e. The SMILES string of the molecule is CCNc1ncccc1C(=O)NCCCCSC. The number of aromatic nitrogens is 1. The van der Waals surface area contributed by atoms with Crippen LogP contribution in [0.3, 0.4) is 0 Å². The standard InChI is InChI=1S/C13H21N3OS/c1-3-14-12-11(7-6-9-15-12)13(17)16-8-4-5-10-18-2/h6-7,9H,3-5,8,10H2,1-2H3,(H,14,15)(H,16,17). The van der Waals surface area contributed by atoms with E-state index in [9.17, 15) is 4.79 Å². The predicted molar refractivity (Wildman–Crippen MR) is 78.3 cm³/mol. The van der Waals surface area contributed by atoms with Gasteiger partial charge in [-0.15, -0.1) is 0 Å². The van der Waals surface area contributed by atoms with E-state index < -0.39 is 0 Å². The summed E-state index contributed by atoms with van der Waals surface area (Å²) in [5, 5.41) is 6.02. The van der Waals surface area contributed by atoms with Gasteiger partial charge in [0.15, 0.2) is 0 Å². The molecule has 1 aromatic heterocycles. The third-order valence-electron chi connectivity index (χ3n) is 2.46. The van der Waals surface area contributed by atoms with Gasteiger partial charge in [0.1, 0.15) is 5.82 Å². The molecule has 0 atom stereocenters. The topological polar surface area (TPSA) is 54.0 Å². The first-order valence-electron chi connectivity index (χ1n) is 6.25. The van der Waals surface area contributed by atoms with Crippen molar-refractivity contribution >= 4 is 23.5 Å². The van der Waals surface area contributed by atoms with Crippen LogP contribution in [0.2, 0.25) is 0 Å². The lowest BCUT2D eigenvalue weighted by Gasteiger charge is -2.09. The Morgan fingerprint density at radius 1 is 1.44 bits per heavy atom. The number of unbranched alkanes of at least 4 members (excludes halogenated alkanes) is 1. The molecule has 18 heavy (non-hydrogen) atoms. The van der Waals surface area contributed by atoms with E-state index in [1.807, 2.05) is 18.7 Å². The van der Waals surface area contributed by atoms with Crippen LogP contribution in [0.5, 0.6) is 0 Å². The summed E-state index contributed by atoms with van der Waals surface area (Å²) in [6.45, 7) is 3.46. The zero-order valence-electron chi connectivity index (χ0n) is 11.0. The molecule has 1 amide bonds. The molecule has 0 fully saturated rings. The van der Waals surface area contributed by atoms with Gasteiger partial charge in [0.05, 0.1) is 5.56 Å². The minimum atomic E-state index is -0.0526. The van der Waals surface area contributed by atoms with Crippen LogP contribution < -0.4 is 10.6 Å². The second kappa shape index (κ2) is 8.80. The lowest BCUT2D eigenvalue weighted by molar-refractivity contribution is 0.0953. The Morgan fingerprint density at radius 2 is 2.28 bits per heavy atom. The van der Waals surface area contributed by atoms with Crippen molar-refractivity contribution in [3.05, 3.63) is 23.9 Å². The first-order valence-corrected chi connectivity index (χ1v) is 7.65. The molecule has 0 aliphatic carbocycles. The average molecular weight is 267 g/mol. The molecule has 100 valence electrons. The van der Waals surface area contributed by atoms with Crippen molar-refractivity contribution in [3.8, 4) is 0 Å². The number of hydrogen-bond donors (Lipinski definition) is 2. The van der Waals surface area contributed by atoms with Crippen LogP contribution in [0.4, 0.5) is 5.82 Å². The summed E-state index contributed by atoms with van der Waals surface area (Å²) in [6.07, 6.45) is 5.93. The summed E-state index contributed by atoms with van der Waals surface area (Å²) < 4.78 is 0. The molecular weight excluding hydrogens is 246 g/mol. The number of pyridine rings is 1. The number of thioether (sulfide) groups is 1. The molecule has 1 rings (SSSR count). The summed E-state index contributed by atoms with van der Waals surface area (Å²) in [7, 11) is 0. The number of amides is 1. The van der Waals surface area contributed by atoms with Gasteiger partial charge in [-0.05, 0) is 43.9 Å². The van der Waals surface area contributed by atoms with Gasteiger partial charge in [0.25, 0.3) is 5.91 Å². The first-order chi connectivity index (χ1) is 8.79. The van der Waals surface area contributed by atoms with Gasteiger partial charge in [-0.25, -0.2) is 4.98 Å². The molecule has 0 spiro atoms. The number of rotatable bonds is 8. The maximum absolute atomic E-state index is 12.0. The van der Waals surface area contributed by atoms with Crippen molar-refractivity contribution in [1.82, 2.24) is 10.3 Å². The van der Waals surface area contributed by atoms with E-state index >= 15 is 0 Å². The van der Waals surface area contributed by atoms with E-state index in [0.717, 1.165) is 31.7 Å². The highest BCUT2D eigenvalue weighted by Crippen LogP contribution is 2.10. The zero-order valence-corrected chi connectivity index (χ0v) is 11.8. The summed E-state index contributed by atoms with van der Waals surface area (Å²) >= 11 is 1.83. The number of anilines is 1. The van der Waals surface area contributed by atoms with Crippen LogP contribution in [0.25, 0.3) is 0 Å². The molecule has 0 bridgehead atoms. The third-order valence-corrected chi connectivity index (χ3v) is 3.15. The first kappa shape index (κ1) is 14.8. The second-order valence-corrected chi connectivity index (χ2v) is 4.87. The fourth-order valence-corrected chi connectivity index (χ4v) is 2.06. The summed E-state index contributed by atoms with van der Waals surface area (Å²) in [5.74, 6) is 1.75. The molecule has 0 saturated heterocycles. The number of hydrogen-bond acceptors (Lipinski definition) is 4. The van der Waals surface area contributed by atoms with Crippen molar-refractivity contribution in [2.75, 3.05) is 30.4 Å². The molecular formula is C13H21N3OS. The van der Waals surface area contributed by atoms with Crippen molar-refractivity contribution in [1.29, 1.82) is 0 Å². The van der Waals surface area contributed by atoms with Gasteiger partial charge < -0.3 is 10.6 Å². The smallest absolute Gasteiger partial charge is 0.255 e. The van der Waals surface area contributed by atoms with Gasteiger partial charge in [0.2, 0.25) is 0 Å². The maximum Gasteiger partial charge on any atom is 0.255 e. The van der Waals surface area contributed by atoms with E-state index in [2.05, 4.69) is 21.9 Å². The summed E-state index contributed by atoms with van der Waals surface area (Å²) in [6, 6.07) is 3.58. The summed E-state index contributed by atoms with van der Waals surface area (Å²) in [5.41, 5.74) is 0.615. The molecule has 0 saturated carbocycles. The Kier molecular flexibility index (Phi) is 7.25. The van der Waals surface area contributed by atoms with Crippen LogP contribution >= 0.6 is 11.8 Å². The molecule has 1 heterocycles. The molecule has 0 aliphatic rings. The minimum Gasteiger partial charge on any atom is -0.370 e. The van der Waals surface area contributed by atoms with E-state index in [1.54, 1.807) is 18.3 Å². The van der Waals surface area contributed by atoms with Gasteiger partial charge in [-0.2, -0.15) is 11.8 Å². The van der Waals surface area contributed by atoms with Crippen molar-refractivity contribution in [2.24, 2.45) is 0 Å². The van der Waals surface area contributed by atoms with Crippen LogP contribution in [0.1, 0.15) is 30.1 Å². The monoisotopic (exact) mass is 267 g/mol. The molecule has 0 aliphatic heterocycles. The highest BCUT2D eigenvalue weighted by Gasteiger charge is 2.10. The molecule has 1 aromatic rings. The van der Waals surface area contributed by atoms with Crippen LogP contribution in [0, 0.1) is 0 Å². The van der Waals surface area contributed by atoms with E-state index in [0.29, 0.717) is 11.4 Å². The van der Waals surface area contributed by atoms with Crippen LogP contribution in [-0.2, 0) is 0 Å². The van der Waals surface area contributed by atoms with E-state index in [4.69, 9.17) is 0 Å². The normalized spacial score (nSPS) is 10.1. The molecule has 0 aromatic carbocycles.